The average Bonchev–Trinajstić information content (AvgIpc) is 3.20. The molecule has 0 aliphatic carbocycles. The van der Waals surface area contributed by atoms with Crippen LogP contribution in [0.5, 0.6) is 0 Å². The Bertz CT molecular complexity index is 1130. The standard InChI is InChI=1S/C26H31N3O5/c1-26(2,3)34-25(32)29-21(15-18-16-27-20-13-9-8-12-19(18)20)23(30)28-22(24(31)33-4)14-17-10-6-5-7-11-17/h5-13,16,21-22,27H,14-15H2,1-4H3,(H,28,30)(H,29,32)/t21-,22+/m1/s1. The van der Waals surface area contributed by atoms with Crippen molar-refractivity contribution < 1.29 is 23.9 Å². The third-order valence-electron chi connectivity index (χ3n) is 5.19. The Balaban J connectivity index is 1.83. The van der Waals surface area contributed by atoms with Gasteiger partial charge in [0.1, 0.15) is 17.7 Å². The van der Waals surface area contributed by atoms with Crippen LogP contribution < -0.4 is 10.6 Å². The zero-order chi connectivity index (χ0) is 24.7. The Morgan fingerprint density at radius 2 is 1.59 bits per heavy atom. The van der Waals surface area contributed by atoms with Gasteiger partial charge in [-0.25, -0.2) is 9.59 Å². The second-order valence-corrected chi connectivity index (χ2v) is 9.04. The average molecular weight is 466 g/mol. The highest BCUT2D eigenvalue weighted by Gasteiger charge is 2.29. The Morgan fingerprint density at radius 1 is 0.912 bits per heavy atom. The van der Waals surface area contributed by atoms with Crippen LogP contribution in [0.2, 0.25) is 0 Å². The Hall–Kier alpha value is -3.81. The molecule has 0 spiro atoms. The van der Waals surface area contributed by atoms with E-state index in [-0.39, 0.29) is 12.8 Å². The molecule has 0 bridgehead atoms. The van der Waals surface area contributed by atoms with Gasteiger partial charge in [-0.3, -0.25) is 4.79 Å². The number of ether oxygens (including phenoxy) is 2. The fourth-order valence-corrected chi connectivity index (χ4v) is 3.64. The minimum Gasteiger partial charge on any atom is -0.467 e. The van der Waals surface area contributed by atoms with Crippen molar-refractivity contribution in [3.05, 3.63) is 71.9 Å². The number of hydrogen-bond acceptors (Lipinski definition) is 5. The number of rotatable bonds is 8. The van der Waals surface area contributed by atoms with Crippen molar-refractivity contribution >= 4 is 28.9 Å². The number of para-hydroxylation sites is 1. The van der Waals surface area contributed by atoms with E-state index in [2.05, 4.69) is 15.6 Å². The lowest BCUT2D eigenvalue weighted by atomic mass is 10.0. The molecule has 8 heteroatoms. The van der Waals surface area contributed by atoms with Gasteiger partial charge >= 0.3 is 12.1 Å². The first-order valence-electron chi connectivity index (χ1n) is 11.1. The third-order valence-corrected chi connectivity index (χ3v) is 5.19. The van der Waals surface area contributed by atoms with E-state index < -0.39 is 35.7 Å². The molecule has 3 rings (SSSR count). The summed E-state index contributed by atoms with van der Waals surface area (Å²) in [6.07, 6.45) is 1.55. The molecule has 0 aliphatic rings. The first-order valence-corrected chi connectivity index (χ1v) is 11.1. The van der Waals surface area contributed by atoms with Gasteiger partial charge in [0.05, 0.1) is 7.11 Å². The van der Waals surface area contributed by atoms with Crippen LogP contribution >= 0.6 is 0 Å². The molecule has 2 aromatic carbocycles. The zero-order valence-electron chi connectivity index (χ0n) is 19.9. The molecule has 3 aromatic rings. The second kappa shape index (κ2) is 10.9. The summed E-state index contributed by atoms with van der Waals surface area (Å²) in [5, 5.41) is 6.36. The molecule has 3 N–H and O–H groups in total. The molecule has 0 saturated carbocycles. The van der Waals surface area contributed by atoms with Crippen LogP contribution in [0.1, 0.15) is 31.9 Å². The van der Waals surface area contributed by atoms with Crippen LogP contribution in [0.4, 0.5) is 4.79 Å². The van der Waals surface area contributed by atoms with Crippen molar-refractivity contribution in [3.8, 4) is 0 Å². The van der Waals surface area contributed by atoms with E-state index in [0.29, 0.717) is 0 Å². The topological polar surface area (TPSA) is 110 Å². The van der Waals surface area contributed by atoms with Gasteiger partial charge in [-0.2, -0.15) is 0 Å². The van der Waals surface area contributed by atoms with Crippen molar-refractivity contribution in [2.24, 2.45) is 0 Å². The number of hydrogen-bond donors (Lipinski definition) is 3. The Kier molecular flexibility index (Phi) is 7.94. The second-order valence-electron chi connectivity index (χ2n) is 9.04. The fourth-order valence-electron chi connectivity index (χ4n) is 3.64. The highest BCUT2D eigenvalue weighted by Crippen LogP contribution is 2.19. The molecule has 34 heavy (non-hydrogen) atoms. The smallest absolute Gasteiger partial charge is 0.408 e. The molecule has 0 aliphatic heterocycles. The maximum absolute atomic E-state index is 13.3. The monoisotopic (exact) mass is 465 g/mol. The lowest BCUT2D eigenvalue weighted by Crippen LogP contribution is -2.53. The number of carbonyl (C=O) groups excluding carboxylic acids is 3. The summed E-state index contributed by atoms with van der Waals surface area (Å²) in [6.45, 7) is 5.23. The number of amides is 2. The van der Waals surface area contributed by atoms with Crippen molar-refractivity contribution in [1.29, 1.82) is 0 Å². The summed E-state index contributed by atoms with van der Waals surface area (Å²) in [5.74, 6) is -1.08. The SMILES string of the molecule is COC(=O)[C@H](Cc1ccccc1)NC(=O)[C@@H](Cc1c[nH]c2ccccc12)NC(=O)OC(C)(C)C. The molecule has 1 heterocycles. The van der Waals surface area contributed by atoms with Crippen LogP contribution in [0.25, 0.3) is 10.9 Å². The molecule has 8 nitrogen and oxygen atoms in total. The van der Waals surface area contributed by atoms with Crippen LogP contribution in [0.15, 0.2) is 60.8 Å². The van der Waals surface area contributed by atoms with E-state index in [1.807, 2.05) is 60.8 Å². The number of nitrogens with one attached hydrogen (secondary N) is 3. The van der Waals surface area contributed by atoms with Gasteiger partial charge in [-0.15, -0.1) is 0 Å². The first-order chi connectivity index (χ1) is 16.2. The molecule has 180 valence electrons. The van der Waals surface area contributed by atoms with Gasteiger partial charge < -0.3 is 25.1 Å². The number of H-pyrrole nitrogens is 1. The summed E-state index contributed by atoms with van der Waals surface area (Å²) in [4.78, 5) is 41.4. The van der Waals surface area contributed by atoms with Crippen LogP contribution in [-0.4, -0.2) is 47.7 Å². The van der Waals surface area contributed by atoms with Crippen LogP contribution in [0, 0.1) is 0 Å². The van der Waals surface area contributed by atoms with Gasteiger partial charge in [0.15, 0.2) is 0 Å². The van der Waals surface area contributed by atoms with Gasteiger partial charge in [0.25, 0.3) is 0 Å². The number of benzene rings is 2. The zero-order valence-corrected chi connectivity index (χ0v) is 19.9. The molecule has 0 unspecified atom stereocenters. The molecule has 0 fully saturated rings. The number of carbonyl (C=O) groups is 3. The normalized spacial score (nSPS) is 13.1. The lowest BCUT2D eigenvalue weighted by Gasteiger charge is -2.25. The predicted molar refractivity (Wildman–Crippen MR) is 129 cm³/mol. The lowest BCUT2D eigenvalue weighted by molar-refractivity contribution is -0.145. The quantitative estimate of drug-likeness (QED) is 0.441. The third kappa shape index (κ3) is 6.84. The van der Waals surface area contributed by atoms with Gasteiger partial charge in [-0.1, -0.05) is 48.5 Å². The van der Waals surface area contributed by atoms with E-state index in [1.54, 1.807) is 20.8 Å². The maximum atomic E-state index is 13.3. The molecular formula is C26H31N3O5. The maximum Gasteiger partial charge on any atom is 0.408 e. The van der Waals surface area contributed by atoms with Crippen molar-refractivity contribution in [1.82, 2.24) is 15.6 Å². The predicted octanol–water partition coefficient (Wildman–Crippen LogP) is 3.50. The molecule has 2 atom stereocenters. The van der Waals surface area contributed by atoms with E-state index in [0.717, 1.165) is 22.0 Å². The number of aromatic amines is 1. The van der Waals surface area contributed by atoms with E-state index >= 15 is 0 Å². The number of aromatic nitrogens is 1. The van der Waals surface area contributed by atoms with Crippen LogP contribution in [-0.2, 0) is 31.9 Å². The van der Waals surface area contributed by atoms with Crippen molar-refractivity contribution in [2.75, 3.05) is 7.11 Å². The van der Waals surface area contributed by atoms with E-state index in [1.165, 1.54) is 7.11 Å². The molecular weight excluding hydrogens is 434 g/mol. The number of fused-ring (bicyclic) bond motifs is 1. The summed E-state index contributed by atoms with van der Waals surface area (Å²) < 4.78 is 10.3. The minimum atomic E-state index is -0.975. The van der Waals surface area contributed by atoms with Crippen LogP contribution in [0.3, 0.4) is 0 Å². The summed E-state index contributed by atoms with van der Waals surface area (Å²) in [7, 11) is 1.27. The van der Waals surface area contributed by atoms with Gasteiger partial charge in [0.2, 0.25) is 5.91 Å². The summed E-state index contributed by atoms with van der Waals surface area (Å²) >= 11 is 0. The fraction of sp³-hybridized carbons (Fsp3) is 0.346. The Labute approximate surface area is 199 Å². The molecule has 2 amide bonds. The largest absolute Gasteiger partial charge is 0.467 e. The minimum absolute atomic E-state index is 0.203. The molecule has 0 saturated heterocycles. The highest BCUT2D eigenvalue weighted by atomic mass is 16.6. The first kappa shape index (κ1) is 24.8. The highest BCUT2D eigenvalue weighted by molar-refractivity contribution is 5.91. The summed E-state index contributed by atoms with van der Waals surface area (Å²) in [6, 6.07) is 15.1. The molecule has 0 radical (unpaired) electrons. The van der Waals surface area contributed by atoms with Crippen molar-refractivity contribution in [3.63, 3.8) is 0 Å². The van der Waals surface area contributed by atoms with E-state index in [9.17, 15) is 14.4 Å². The summed E-state index contributed by atoms with van der Waals surface area (Å²) in [5.41, 5.74) is 1.91. The number of esters is 1. The van der Waals surface area contributed by atoms with Gasteiger partial charge in [-0.05, 0) is 38.0 Å². The number of methoxy groups -OCH3 is 1. The van der Waals surface area contributed by atoms with E-state index in [4.69, 9.17) is 9.47 Å². The Morgan fingerprint density at radius 3 is 2.26 bits per heavy atom. The van der Waals surface area contributed by atoms with Gasteiger partial charge in [0, 0.05) is 29.9 Å². The van der Waals surface area contributed by atoms with Crippen molar-refractivity contribution in [2.45, 2.75) is 51.3 Å². The molecule has 1 aromatic heterocycles. The number of alkyl carbamates (subject to hydrolysis) is 1.